The quantitative estimate of drug-likeness (QED) is 0.519. The zero-order chi connectivity index (χ0) is 20.0. The van der Waals surface area contributed by atoms with Gasteiger partial charge in [0.1, 0.15) is 17.4 Å². The van der Waals surface area contributed by atoms with Gasteiger partial charge in [0.2, 0.25) is 0 Å². The van der Waals surface area contributed by atoms with Crippen LogP contribution in [0.15, 0.2) is 41.5 Å². The third kappa shape index (κ3) is 6.12. The molecule has 9 heteroatoms. The lowest BCUT2D eigenvalue weighted by molar-refractivity contribution is -0.274. The second kappa shape index (κ2) is 8.92. The number of piperidine rings is 1. The van der Waals surface area contributed by atoms with E-state index >= 15 is 0 Å². The molecule has 0 saturated carbocycles. The van der Waals surface area contributed by atoms with Crippen LogP contribution in [-0.2, 0) is 0 Å². The van der Waals surface area contributed by atoms with Crippen LogP contribution in [0.25, 0.3) is 17.3 Å². The van der Waals surface area contributed by atoms with Crippen molar-refractivity contribution in [3.05, 3.63) is 42.4 Å². The van der Waals surface area contributed by atoms with Crippen molar-refractivity contribution in [2.24, 2.45) is 16.6 Å². The number of H-pyrrole nitrogens is 1. The minimum absolute atomic E-state index is 0.286. The van der Waals surface area contributed by atoms with E-state index in [9.17, 15) is 13.2 Å². The average Bonchev–Trinajstić information content (AvgIpc) is 3.13. The molecule has 0 atom stereocenters. The van der Waals surface area contributed by atoms with Crippen LogP contribution >= 0.6 is 0 Å². The molecule has 150 valence electrons. The fraction of sp³-hybridized carbons (Fsp3) is 0.368. The molecule has 1 aromatic heterocycles. The van der Waals surface area contributed by atoms with E-state index in [1.807, 2.05) is 0 Å². The molecule has 0 amide bonds. The van der Waals surface area contributed by atoms with Crippen LogP contribution in [0.2, 0.25) is 0 Å². The van der Waals surface area contributed by atoms with Gasteiger partial charge in [-0.1, -0.05) is 12.1 Å². The molecule has 0 bridgehead atoms. The number of hydrogen-bond donors (Lipinski definition) is 3. The second-order valence-electron chi connectivity index (χ2n) is 6.55. The highest BCUT2D eigenvalue weighted by atomic mass is 19.4. The van der Waals surface area contributed by atoms with Crippen LogP contribution in [0.5, 0.6) is 5.75 Å². The standard InChI is InChI=1S/C19H22F3N5O/c20-19(21,22)28-15-3-1-2-14(10-15)16-12-26-18(27-16)5-4-17(23)25-11-13-6-8-24-9-7-13/h1-5,10,12-13,24H,6-9,11H2,(H2,23,25)(H,26,27)/b5-4-. The summed E-state index contributed by atoms with van der Waals surface area (Å²) < 4.78 is 41.0. The van der Waals surface area contributed by atoms with Crippen LogP contribution in [0.4, 0.5) is 13.2 Å². The SMILES string of the molecule is NC(/C=C\c1ncc(-c2cccc(OC(F)(F)F)c2)[nH]1)=NCC1CCNCC1. The van der Waals surface area contributed by atoms with E-state index in [1.165, 1.54) is 24.4 Å². The molecule has 1 saturated heterocycles. The summed E-state index contributed by atoms with van der Waals surface area (Å²) in [5.74, 6) is 1.20. The lowest BCUT2D eigenvalue weighted by Crippen LogP contribution is -2.29. The van der Waals surface area contributed by atoms with Crippen molar-refractivity contribution in [1.29, 1.82) is 0 Å². The first-order valence-electron chi connectivity index (χ1n) is 8.99. The molecule has 28 heavy (non-hydrogen) atoms. The van der Waals surface area contributed by atoms with Crippen molar-refractivity contribution >= 4 is 11.9 Å². The van der Waals surface area contributed by atoms with E-state index in [-0.39, 0.29) is 5.75 Å². The molecule has 0 unspecified atom stereocenters. The van der Waals surface area contributed by atoms with Crippen LogP contribution < -0.4 is 15.8 Å². The zero-order valence-corrected chi connectivity index (χ0v) is 15.2. The number of halogens is 3. The smallest absolute Gasteiger partial charge is 0.406 e. The number of imidazole rings is 1. The number of nitrogens with one attached hydrogen (secondary N) is 2. The summed E-state index contributed by atoms with van der Waals surface area (Å²) in [5.41, 5.74) is 7.01. The van der Waals surface area contributed by atoms with Crippen LogP contribution in [0.1, 0.15) is 18.7 Å². The van der Waals surface area contributed by atoms with Crippen molar-refractivity contribution in [2.45, 2.75) is 19.2 Å². The third-order valence-electron chi connectivity index (χ3n) is 4.38. The Morgan fingerprint density at radius 2 is 2.11 bits per heavy atom. The zero-order valence-electron chi connectivity index (χ0n) is 15.2. The molecule has 1 aliphatic rings. The lowest BCUT2D eigenvalue weighted by atomic mass is 9.98. The molecule has 0 spiro atoms. The highest BCUT2D eigenvalue weighted by molar-refractivity contribution is 5.94. The number of aromatic nitrogens is 2. The Labute approximate surface area is 160 Å². The van der Waals surface area contributed by atoms with Gasteiger partial charge in [-0.2, -0.15) is 0 Å². The number of aromatic amines is 1. The van der Waals surface area contributed by atoms with Crippen molar-refractivity contribution in [2.75, 3.05) is 19.6 Å². The van der Waals surface area contributed by atoms with Gasteiger partial charge in [0.15, 0.2) is 0 Å². The number of hydrogen-bond acceptors (Lipinski definition) is 4. The number of ether oxygens (including phenoxy) is 1. The molecule has 3 rings (SSSR count). The second-order valence-corrected chi connectivity index (χ2v) is 6.55. The van der Waals surface area contributed by atoms with Crippen LogP contribution in [0, 0.1) is 5.92 Å². The maximum atomic E-state index is 12.4. The van der Waals surface area contributed by atoms with Crippen molar-refractivity contribution in [3.63, 3.8) is 0 Å². The molecule has 2 heterocycles. The molecular weight excluding hydrogens is 371 g/mol. The van der Waals surface area contributed by atoms with Crippen molar-refractivity contribution < 1.29 is 17.9 Å². The normalized spacial score (nSPS) is 16.6. The van der Waals surface area contributed by atoms with E-state index in [4.69, 9.17) is 5.73 Å². The van der Waals surface area contributed by atoms with Gasteiger partial charge in [-0.05, 0) is 56.1 Å². The summed E-state index contributed by atoms with van der Waals surface area (Å²) in [6.07, 6.45) is 2.34. The van der Waals surface area contributed by atoms with Gasteiger partial charge in [-0.15, -0.1) is 13.2 Å². The molecule has 0 radical (unpaired) electrons. The van der Waals surface area contributed by atoms with E-state index < -0.39 is 6.36 Å². The molecule has 1 aromatic carbocycles. The summed E-state index contributed by atoms with van der Waals surface area (Å²) in [7, 11) is 0. The molecule has 0 aliphatic carbocycles. The van der Waals surface area contributed by atoms with Crippen molar-refractivity contribution in [3.8, 4) is 17.0 Å². The van der Waals surface area contributed by atoms with Gasteiger partial charge in [-0.3, -0.25) is 4.99 Å². The van der Waals surface area contributed by atoms with Gasteiger partial charge < -0.3 is 20.8 Å². The summed E-state index contributed by atoms with van der Waals surface area (Å²) in [5, 5.41) is 3.31. The summed E-state index contributed by atoms with van der Waals surface area (Å²) in [6.45, 7) is 2.73. The Hall–Kier alpha value is -2.81. The third-order valence-corrected chi connectivity index (χ3v) is 4.38. The highest BCUT2D eigenvalue weighted by Crippen LogP contribution is 2.27. The van der Waals surface area contributed by atoms with E-state index in [2.05, 4.69) is 25.0 Å². The Bertz CT molecular complexity index is 838. The van der Waals surface area contributed by atoms with Gasteiger partial charge >= 0.3 is 6.36 Å². The number of rotatable bonds is 6. The predicted molar refractivity (Wildman–Crippen MR) is 102 cm³/mol. The Balaban J connectivity index is 1.62. The minimum atomic E-state index is -4.73. The highest BCUT2D eigenvalue weighted by Gasteiger charge is 2.31. The maximum absolute atomic E-state index is 12.4. The minimum Gasteiger partial charge on any atom is -0.406 e. The summed E-state index contributed by atoms with van der Waals surface area (Å²) in [4.78, 5) is 11.6. The largest absolute Gasteiger partial charge is 0.573 e. The first kappa shape index (κ1) is 19.9. The van der Waals surface area contributed by atoms with Crippen LogP contribution in [-0.4, -0.2) is 41.8 Å². The van der Waals surface area contributed by atoms with E-state index in [1.54, 1.807) is 18.2 Å². The lowest BCUT2D eigenvalue weighted by Gasteiger charge is -2.20. The van der Waals surface area contributed by atoms with E-state index in [0.29, 0.717) is 35.4 Å². The number of aliphatic imine (C=N–C) groups is 1. The summed E-state index contributed by atoms with van der Waals surface area (Å²) in [6, 6.07) is 5.69. The topological polar surface area (TPSA) is 88.3 Å². The first-order chi connectivity index (χ1) is 13.4. The Morgan fingerprint density at radius 3 is 2.86 bits per heavy atom. The molecule has 4 N–H and O–H groups in total. The van der Waals surface area contributed by atoms with Crippen LogP contribution in [0.3, 0.4) is 0 Å². The molecule has 1 fully saturated rings. The molecule has 6 nitrogen and oxygen atoms in total. The summed E-state index contributed by atoms with van der Waals surface area (Å²) >= 11 is 0. The number of amidine groups is 1. The van der Waals surface area contributed by atoms with Gasteiger partial charge in [0.25, 0.3) is 0 Å². The van der Waals surface area contributed by atoms with E-state index in [0.717, 1.165) is 25.9 Å². The number of nitrogens with two attached hydrogens (primary N) is 1. The number of alkyl halides is 3. The van der Waals surface area contributed by atoms with Gasteiger partial charge in [0, 0.05) is 12.1 Å². The Morgan fingerprint density at radius 1 is 1.32 bits per heavy atom. The molecule has 2 aromatic rings. The fourth-order valence-electron chi connectivity index (χ4n) is 2.94. The van der Waals surface area contributed by atoms with Crippen molar-refractivity contribution in [1.82, 2.24) is 15.3 Å². The average molecular weight is 393 g/mol. The molecule has 1 aliphatic heterocycles. The maximum Gasteiger partial charge on any atom is 0.573 e. The Kier molecular flexibility index (Phi) is 6.35. The fourth-order valence-corrected chi connectivity index (χ4v) is 2.94. The molecular formula is C19H22F3N5O. The van der Waals surface area contributed by atoms with Gasteiger partial charge in [0.05, 0.1) is 11.9 Å². The first-order valence-corrected chi connectivity index (χ1v) is 8.99. The monoisotopic (exact) mass is 393 g/mol. The predicted octanol–water partition coefficient (Wildman–Crippen LogP) is 3.35. The number of nitrogens with zero attached hydrogens (tertiary/aromatic N) is 2. The number of benzene rings is 1. The van der Waals surface area contributed by atoms with Gasteiger partial charge in [-0.25, -0.2) is 4.98 Å².